The van der Waals surface area contributed by atoms with Crippen LogP contribution in [0.1, 0.15) is 12.5 Å². The van der Waals surface area contributed by atoms with Gasteiger partial charge < -0.3 is 15.7 Å². The van der Waals surface area contributed by atoms with Crippen molar-refractivity contribution in [2.24, 2.45) is 5.73 Å². The summed E-state index contributed by atoms with van der Waals surface area (Å²) >= 11 is 0. The predicted molar refractivity (Wildman–Crippen MR) is 62.6 cm³/mol. The van der Waals surface area contributed by atoms with Crippen LogP contribution in [-0.4, -0.2) is 36.7 Å². The monoisotopic (exact) mass is 208 g/mol. The van der Waals surface area contributed by atoms with Crippen molar-refractivity contribution in [3.8, 4) is 0 Å². The number of likely N-dealkylation sites (N-methyl/N-ethyl adjacent to an activating group) is 1. The van der Waals surface area contributed by atoms with Gasteiger partial charge in [0.05, 0.1) is 5.60 Å². The predicted octanol–water partition coefficient (Wildman–Crippen LogP) is 0.785. The standard InChI is InChI=1S/C12H20N2O/c1-12(15,10-14(2)9-8-13)11-6-4-3-5-7-11/h3-7,15H,8-10,13H2,1-2H3. The molecule has 3 nitrogen and oxygen atoms in total. The van der Waals surface area contributed by atoms with Crippen molar-refractivity contribution in [3.05, 3.63) is 35.9 Å². The fourth-order valence-corrected chi connectivity index (χ4v) is 1.71. The van der Waals surface area contributed by atoms with E-state index in [0.29, 0.717) is 13.1 Å². The highest BCUT2D eigenvalue weighted by Gasteiger charge is 2.24. The lowest BCUT2D eigenvalue weighted by Gasteiger charge is -2.29. The molecule has 15 heavy (non-hydrogen) atoms. The Hall–Kier alpha value is -0.900. The highest BCUT2D eigenvalue weighted by Crippen LogP contribution is 2.20. The molecule has 0 aliphatic rings. The Morgan fingerprint density at radius 3 is 2.47 bits per heavy atom. The lowest BCUT2D eigenvalue weighted by molar-refractivity contribution is 0.0242. The lowest BCUT2D eigenvalue weighted by atomic mass is 9.95. The van der Waals surface area contributed by atoms with E-state index in [1.165, 1.54) is 0 Å². The molecule has 84 valence electrons. The van der Waals surface area contributed by atoms with E-state index in [9.17, 15) is 5.11 Å². The number of hydrogen-bond donors (Lipinski definition) is 2. The van der Waals surface area contributed by atoms with Crippen molar-refractivity contribution in [2.45, 2.75) is 12.5 Å². The molecule has 3 N–H and O–H groups in total. The molecule has 0 heterocycles. The molecule has 1 rings (SSSR count). The van der Waals surface area contributed by atoms with Crippen LogP contribution in [0.4, 0.5) is 0 Å². The molecular weight excluding hydrogens is 188 g/mol. The first-order valence-electron chi connectivity index (χ1n) is 5.23. The lowest BCUT2D eigenvalue weighted by Crippen LogP contribution is -2.38. The van der Waals surface area contributed by atoms with Gasteiger partial charge in [-0.1, -0.05) is 30.3 Å². The van der Waals surface area contributed by atoms with Crippen molar-refractivity contribution >= 4 is 0 Å². The fourth-order valence-electron chi connectivity index (χ4n) is 1.71. The van der Waals surface area contributed by atoms with Gasteiger partial charge in [0.15, 0.2) is 0 Å². The topological polar surface area (TPSA) is 49.5 Å². The first-order chi connectivity index (χ1) is 7.06. The highest BCUT2D eigenvalue weighted by atomic mass is 16.3. The van der Waals surface area contributed by atoms with Gasteiger partial charge in [-0.2, -0.15) is 0 Å². The number of nitrogens with zero attached hydrogens (tertiary/aromatic N) is 1. The van der Waals surface area contributed by atoms with Crippen LogP contribution in [0.2, 0.25) is 0 Å². The molecule has 0 saturated heterocycles. The van der Waals surface area contributed by atoms with Crippen molar-refractivity contribution in [1.29, 1.82) is 0 Å². The zero-order chi connectivity index (χ0) is 11.3. The van der Waals surface area contributed by atoms with Crippen LogP contribution in [0.5, 0.6) is 0 Å². The van der Waals surface area contributed by atoms with Gasteiger partial charge in [0.2, 0.25) is 0 Å². The van der Waals surface area contributed by atoms with E-state index in [4.69, 9.17) is 5.73 Å². The maximum Gasteiger partial charge on any atom is 0.0994 e. The molecule has 1 atom stereocenters. The van der Waals surface area contributed by atoms with Crippen LogP contribution in [0.15, 0.2) is 30.3 Å². The molecular formula is C12H20N2O. The largest absolute Gasteiger partial charge is 0.384 e. The molecule has 0 aromatic heterocycles. The quantitative estimate of drug-likeness (QED) is 0.752. The van der Waals surface area contributed by atoms with E-state index >= 15 is 0 Å². The summed E-state index contributed by atoms with van der Waals surface area (Å²) in [6.07, 6.45) is 0. The third-order valence-electron chi connectivity index (χ3n) is 2.48. The van der Waals surface area contributed by atoms with E-state index in [2.05, 4.69) is 0 Å². The SMILES string of the molecule is CN(CCN)CC(C)(O)c1ccccc1. The summed E-state index contributed by atoms with van der Waals surface area (Å²) in [6.45, 7) is 3.83. The zero-order valence-corrected chi connectivity index (χ0v) is 9.48. The molecule has 0 aliphatic heterocycles. The van der Waals surface area contributed by atoms with E-state index in [-0.39, 0.29) is 0 Å². The van der Waals surface area contributed by atoms with Gasteiger partial charge >= 0.3 is 0 Å². The molecule has 1 unspecified atom stereocenters. The third-order valence-corrected chi connectivity index (χ3v) is 2.48. The summed E-state index contributed by atoms with van der Waals surface area (Å²) in [5, 5.41) is 10.3. The second-order valence-corrected chi connectivity index (χ2v) is 4.17. The molecule has 0 saturated carbocycles. The Labute approximate surface area is 91.5 Å². The van der Waals surface area contributed by atoms with Gasteiger partial charge in [-0.3, -0.25) is 0 Å². The smallest absolute Gasteiger partial charge is 0.0994 e. The number of benzene rings is 1. The minimum absolute atomic E-state index is 0.591. The summed E-state index contributed by atoms with van der Waals surface area (Å²) in [5.41, 5.74) is 5.59. The Balaban J connectivity index is 2.67. The molecule has 0 spiro atoms. The number of hydrogen-bond acceptors (Lipinski definition) is 3. The number of rotatable bonds is 5. The molecule has 1 aromatic rings. The second-order valence-electron chi connectivity index (χ2n) is 4.17. The minimum atomic E-state index is -0.814. The van der Waals surface area contributed by atoms with Crippen LogP contribution in [0, 0.1) is 0 Å². The van der Waals surface area contributed by atoms with Crippen LogP contribution in [0.25, 0.3) is 0 Å². The van der Waals surface area contributed by atoms with Gasteiger partial charge in [-0.15, -0.1) is 0 Å². The fraction of sp³-hybridized carbons (Fsp3) is 0.500. The van der Waals surface area contributed by atoms with Crippen molar-refractivity contribution in [2.75, 3.05) is 26.7 Å². The van der Waals surface area contributed by atoms with Gasteiger partial charge in [0, 0.05) is 19.6 Å². The molecule has 0 bridgehead atoms. The van der Waals surface area contributed by atoms with Gasteiger partial charge in [0.1, 0.15) is 0 Å². The van der Waals surface area contributed by atoms with E-state index in [1.54, 1.807) is 0 Å². The molecule has 0 radical (unpaired) electrons. The number of aliphatic hydroxyl groups is 1. The zero-order valence-electron chi connectivity index (χ0n) is 9.48. The van der Waals surface area contributed by atoms with E-state index in [1.807, 2.05) is 49.2 Å². The van der Waals surface area contributed by atoms with Crippen molar-refractivity contribution in [1.82, 2.24) is 4.90 Å². The second kappa shape index (κ2) is 5.26. The van der Waals surface area contributed by atoms with Crippen LogP contribution >= 0.6 is 0 Å². The molecule has 1 aromatic carbocycles. The minimum Gasteiger partial charge on any atom is -0.384 e. The average Bonchev–Trinajstić information content (AvgIpc) is 2.18. The summed E-state index contributed by atoms with van der Waals surface area (Å²) < 4.78 is 0. The van der Waals surface area contributed by atoms with Gasteiger partial charge in [-0.05, 0) is 19.5 Å². The Bertz CT molecular complexity index is 285. The Morgan fingerprint density at radius 2 is 1.93 bits per heavy atom. The van der Waals surface area contributed by atoms with Gasteiger partial charge in [0.25, 0.3) is 0 Å². The summed E-state index contributed by atoms with van der Waals surface area (Å²) in [5.74, 6) is 0. The van der Waals surface area contributed by atoms with Crippen LogP contribution in [-0.2, 0) is 5.60 Å². The molecule has 3 heteroatoms. The van der Waals surface area contributed by atoms with E-state index < -0.39 is 5.60 Å². The normalized spacial score (nSPS) is 15.3. The maximum absolute atomic E-state index is 10.3. The molecule has 0 amide bonds. The third kappa shape index (κ3) is 3.63. The van der Waals surface area contributed by atoms with E-state index in [0.717, 1.165) is 12.1 Å². The Morgan fingerprint density at radius 1 is 1.33 bits per heavy atom. The summed E-state index contributed by atoms with van der Waals surface area (Å²) in [4.78, 5) is 2.03. The van der Waals surface area contributed by atoms with Crippen LogP contribution in [0.3, 0.4) is 0 Å². The van der Waals surface area contributed by atoms with Gasteiger partial charge in [-0.25, -0.2) is 0 Å². The number of nitrogens with two attached hydrogens (primary N) is 1. The first-order valence-corrected chi connectivity index (χ1v) is 5.23. The van der Waals surface area contributed by atoms with Crippen molar-refractivity contribution in [3.63, 3.8) is 0 Å². The first kappa shape index (κ1) is 12.2. The van der Waals surface area contributed by atoms with Crippen LogP contribution < -0.4 is 5.73 Å². The Kier molecular flexibility index (Phi) is 4.27. The highest BCUT2D eigenvalue weighted by molar-refractivity contribution is 5.21. The molecule has 0 fully saturated rings. The average molecular weight is 208 g/mol. The maximum atomic E-state index is 10.3. The summed E-state index contributed by atoms with van der Waals surface area (Å²) in [6, 6.07) is 9.70. The van der Waals surface area contributed by atoms with Crippen molar-refractivity contribution < 1.29 is 5.11 Å². The molecule has 0 aliphatic carbocycles. The summed E-state index contributed by atoms with van der Waals surface area (Å²) in [7, 11) is 1.96.